The Labute approximate surface area is 156 Å². The predicted molar refractivity (Wildman–Crippen MR) is 96.7 cm³/mol. The molecule has 1 unspecified atom stereocenters. The van der Waals surface area contributed by atoms with Crippen molar-refractivity contribution in [3.8, 4) is 11.4 Å². The van der Waals surface area contributed by atoms with Gasteiger partial charge in [-0.15, -0.1) is 0 Å². The van der Waals surface area contributed by atoms with E-state index in [1.807, 2.05) is 20.0 Å². The molecule has 26 heavy (non-hydrogen) atoms. The van der Waals surface area contributed by atoms with Gasteiger partial charge in [0, 0.05) is 50.9 Å². The van der Waals surface area contributed by atoms with Crippen molar-refractivity contribution in [2.24, 2.45) is 7.05 Å². The zero-order valence-electron chi connectivity index (χ0n) is 15.0. The minimum absolute atomic E-state index is 0.0850. The lowest BCUT2D eigenvalue weighted by atomic mass is 10.1. The highest BCUT2D eigenvalue weighted by molar-refractivity contribution is 6.30. The van der Waals surface area contributed by atoms with Crippen LogP contribution in [-0.2, 0) is 18.4 Å². The number of aromatic nitrogens is 3. The number of hydrogen-bond acceptors (Lipinski definition) is 6. The van der Waals surface area contributed by atoms with Crippen LogP contribution in [0.1, 0.15) is 24.2 Å². The quantitative estimate of drug-likeness (QED) is 0.809. The number of piperazine rings is 1. The minimum Gasteiger partial charge on any atom is -0.361 e. The Hall–Kier alpha value is -1.90. The fourth-order valence-corrected chi connectivity index (χ4v) is 3.44. The number of hydrogen-bond donors (Lipinski definition) is 2. The van der Waals surface area contributed by atoms with E-state index >= 15 is 0 Å². The highest BCUT2D eigenvalue weighted by atomic mass is 35.5. The van der Waals surface area contributed by atoms with Gasteiger partial charge in [0.1, 0.15) is 22.3 Å². The third-order valence-electron chi connectivity index (χ3n) is 4.82. The van der Waals surface area contributed by atoms with Crippen LogP contribution in [0.15, 0.2) is 10.6 Å². The number of carbonyl (C=O) groups is 1. The van der Waals surface area contributed by atoms with E-state index in [4.69, 9.17) is 16.1 Å². The maximum absolute atomic E-state index is 12.3. The van der Waals surface area contributed by atoms with E-state index in [0.29, 0.717) is 30.0 Å². The van der Waals surface area contributed by atoms with Crippen LogP contribution < -0.4 is 10.6 Å². The molecule has 2 fully saturated rings. The fraction of sp³-hybridized carbons (Fsp3) is 0.588. The van der Waals surface area contributed by atoms with Crippen molar-refractivity contribution in [2.45, 2.75) is 38.4 Å². The molecular weight excluding hydrogens is 356 g/mol. The maximum Gasteiger partial charge on any atom is 0.238 e. The van der Waals surface area contributed by atoms with Crippen LogP contribution in [0, 0.1) is 6.92 Å². The summed E-state index contributed by atoms with van der Waals surface area (Å²) in [6.45, 7) is 4.71. The number of aryl methyl sites for hydroxylation is 2. The Morgan fingerprint density at radius 3 is 3.00 bits per heavy atom. The molecule has 2 aromatic rings. The number of amides is 1. The van der Waals surface area contributed by atoms with Gasteiger partial charge in [0.15, 0.2) is 0 Å². The highest BCUT2D eigenvalue weighted by Crippen LogP contribution is 2.29. The Kier molecular flexibility index (Phi) is 4.73. The molecule has 2 aliphatic rings. The third-order valence-corrected chi connectivity index (χ3v) is 5.29. The molecule has 1 aliphatic carbocycles. The molecule has 1 saturated heterocycles. The summed E-state index contributed by atoms with van der Waals surface area (Å²) in [5.41, 5.74) is 2.32. The second-order valence-electron chi connectivity index (χ2n) is 7.09. The van der Waals surface area contributed by atoms with Crippen molar-refractivity contribution in [1.82, 2.24) is 30.5 Å². The Bertz CT molecular complexity index is 812. The molecule has 8 nitrogen and oxygen atoms in total. The van der Waals surface area contributed by atoms with E-state index in [9.17, 15) is 4.79 Å². The molecule has 2 aromatic heterocycles. The summed E-state index contributed by atoms with van der Waals surface area (Å²) in [7, 11) is 1.81. The van der Waals surface area contributed by atoms with Gasteiger partial charge in [0.2, 0.25) is 5.91 Å². The summed E-state index contributed by atoms with van der Waals surface area (Å²) in [6, 6.07) is 2.03. The van der Waals surface area contributed by atoms with Crippen LogP contribution in [0.3, 0.4) is 0 Å². The Morgan fingerprint density at radius 2 is 2.31 bits per heavy atom. The van der Waals surface area contributed by atoms with Crippen molar-refractivity contribution >= 4 is 17.5 Å². The van der Waals surface area contributed by atoms with Gasteiger partial charge in [-0.3, -0.25) is 14.4 Å². The van der Waals surface area contributed by atoms with Gasteiger partial charge in [-0.2, -0.15) is 5.10 Å². The first-order valence-electron chi connectivity index (χ1n) is 8.92. The van der Waals surface area contributed by atoms with Crippen molar-refractivity contribution in [3.63, 3.8) is 0 Å². The molecule has 1 saturated carbocycles. The zero-order chi connectivity index (χ0) is 18.3. The molecule has 0 aromatic carbocycles. The molecule has 2 N–H and O–H groups in total. The van der Waals surface area contributed by atoms with Gasteiger partial charge in [-0.25, -0.2) is 0 Å². The van der Waals surface area contributed by atoms with E-state index in [1.165, 1.54) is 0 Å². The molecule has 0 spiro atoms. The molecule has 1 aliphatic heterocycles. The van der Waals surface area contributed by atoms with Crippen molar-refractivity contribution in [2.75, 3.05) is 19.6 Å². The van der Waals surface area contributed by atoms with Gasteiger partial charge < -0.3 is 15.2 Å². The van der Waals surface area contributed by atoms with Crippen LogP contribution in [-0.4, -0.2) is 57.5 Å². The monoisotopic (exact) mass is 378 g/mol. The SMILES string of the molecule is Cc1cc(-c2nn(C)c(Cl)c2CN2CCNC(C(=O)NC3CC3)C2)no1. The molecule has 1 amide bonds. The molecule has 0 radical (unpaired) electrons. The summed E-state index contributed by atoms with van der Waals surface area (Å²) in [6.07, 6.45) is 2.18. The second-order valence-corrected chi connectivity index (χ2v) is 7.45. The van der Waals surface area contributed by atoms with Crippen LogP contribution in [0.5, 0.6) is 0 Å². The standard InChI is InChI=1S/C17H23ClN6O2/c1-10-7-13(22-26-10)15-12(16(18)23(2)21-15)8-24-6-5-19-14(9-24)17(25)20-11-3-4-11/h7,11,14,19H,3-6,8-9H2,1-2H3,(H,20,25). The largest absolute Gasteiger partial charge is 0.361 e. The van der Waals surface area contributed by atoms with E-state index in [1.54, 1.807) is 4.68 Å². The fourth-order valence-electron chi connectivity index (χ4n) is 3.25. The average Bonchev–Trinajstić information content (AvgIpc) is 3.27. The van der Waals surface area contributed by atoms with Crippen LogP contribution in [0.4, 0.5) is 0 Å². The summed E-state index contributed by atoms with van der Waals surface area (Å²) in [5.74, 6) is 0.813. The van der Waals surface area contributed by atoms with Crippen LogP contribution in [0.25, 0.3) is 11.4 Å². The summed E-state index contributed by atoms with van der Waals surface area (Å²) >= 11 is 6.49. The predicted octanol–water partition coefficient (Wildman–Crippen LogP) is 1.09. The van der Waals surface area contributed by atoms with E-state index in [2.05, 4.69) is 25.8 Å². The minimum atomic E-state index is -0.197. The number of nitrogens with zero attached hydrogens (tertiary/aromatic N) is 4. The smallest absolute Gasteiger partial charge is 0.238 e. The first-order chi connectivity index (χ1) is 12.5. The third kappa shape index (κ3) is 3.62. The van der Waals surface area contributed by atoms with Gasteiger partial charge >= 0.3 is 0 Å². The molecule has 140 valence electrons. The maximum atomic E-state index is 12.3. The van der Waals surface area contributed by atoms with E-state index in [0.717, 1.165) is 42.9 Å². The van der Waals surface area contributed by atoms with E-state index in [-0.39, 0.29) is 11.9 Å². The van der Waals surface area contributed by atoms with Crippen LogP contribution >= 0.6 is 11.6 Å². The summed E-state index contributed by atoms with van der Waals surface area (Å²) < 4.78 is 6.83. The lowest BCUT2D eigenvalue weighted by molar-refractivity contribution is -0.124. The second kappa shape index (κ2) is 7.02. The summed E-state index contributed by atoms with van der Waals surface area (Å²) in [5, 5.41) is 15.5. The molecular formula is C17H23ClN6O2. The molecule has 3 heterocycles. The number of nitrogens with one attached hydrogen (secondary N) is 2. The topological polar surface area (TPSA) is 88.2 Å². The lowest BCUT2D eigenvalue weighted by Crippen LogP contribution is -2.57. The number of carbonyl (C=O) groups excluding carboxylic acids is 1. The van der Waals surface area contributed by atoms with E-state index < -0.39 is 0 Å². The van der Waals surface area contributed by atoms with Gasteiger partial charge in [-0.1, -0.05) is 16.8 Å². The van der Waals surface area contributed by atoms with Crippen molar-refractivity contribution in [3.05, 3.63) is 22.5 Å². The van der Waals surface area contributed by atoms with Crippen LogP contribution in [0.2, 0.25) is 5.15 Å². The highest BCUT2D eigenvalue weighted by Gasteiger charge is 2.31. The molecule has 4 rings (SSSR count). The van der Waals surface area contributed by atoms with Crippen molar-refractivity contribution in [1.29, 1.82) is 0 Å². The van der Waals surface area contributed by atoms with Gasteiger partial charge in [0.25, 0.3) is 0 Å². The zero-order valence-corrected chi connectivity index (χ0v) is 15.7. The van der Waals surface area contributed by atoms with Gasteiger partial charge in [0.05, 0.1) is 6.04 Å². The van der Waals surface area contributed by atoms with Gasteiger partial charge in [-0.05, 0) is 19.8 Å². The molecule has 0 bridgehead atoms. The normalized spacial score (nSPS) is 21.1. The molecule has 9 heteroatoms. The molecule has 1 atom stereocenters. The average molecular weight is 379 g/mol. The first kappa shape index (κ1) is 17.5. The summed E-state index contributed by atoms with van der Waals surface area (Å²) in [4.78, 5) is 14.6. The Balaban J connectivity index is 1.50. The Morgan fingerprint density at radius 1 is 1.50 bits per heavy atom. The number of halogens is 1. The number of rotatable bonds is 5. The lowest BCUT2D eigenvalue weighted by Gasteiger charge is -2.32. The van der Waals surface area contributed by atoms with Crippen molar-refractivity contribution < 1.29 is 9.32 Å². The first-order valence-corrected chi connectivity index (χ1v) is 9.30.